The third-order valence-corrected chi connectivity index (χ3v) is 11.7. The van der Waals surface area contributed by atoms with Crippen molar-refractivity contribution in [3.63, 3.8) is 0 Å². The van der Waals surface area contributed by atoms with E-state index in [1.54, 1.807) is 13.8 Å². The maximum atomic E-state index is 17.0. The molecule has 1 amide bonds. The van der Waals surface area contributed by atoms with Gasteiger partial charge in [-0.15, -0.1) is 0 Å². The van der Waals surface area contributed by atoms with Crippen LogP contribution < -0.4 is 16.2 Å². The van der Waals surface area contributed by atoms with Crippen LogP contribution in [0.5, 0.6) is 0 Å². The second kappa shape index (κ2) is 13.6. The van der Waals surface area contributed by atoms with Crippen molar-refractivity contribution in [3.05, 3.63) is 35.3 Å². The number of phosphoric ester groups is 1. The molecule has 2 saturated carbocycles. The van der Waals surface area contributed by atoms with E-state index in [9.17, 15) is 19.0 Å². The summed E-state index contributed by atoms with van der Waals surface area (Å²) in [5.74, 6) is -1.79. The molecule has 19 nitrogen and oxygen atoms in total. The normalized spacial score (nSPS) is 37.5. The van der Waals surface area contributed by atoms with Crippen LogP contribution >= 0.6 is 14.5 Å². The third kappa shape index (κ3) is 6.83. The lowest BCUT2D eigenvalue weighted by Crippen LogP contribution is -2.38. The molecule has 274 valence electrons. The van der Waals surface area contributed by atoms with Gasteiger partial charge in [0.15, 0.2) is 29.2 Å². The summed E-state index contributed by atoms with van der Waals surface area (Å²) in [5.41, 5.74) is -3.81. The minimum Gasteiger partial charge on any atom is -0.364 e. The van der Waals surface area contributed by atoms with Crippen LogP contribution in [-0.2, 0) is 48.5 Å². The monoisotopic (exact) mass is 773 g/mol. The number of alkyl halides is 2. The van der Waals surface area contributed by atoms with Gasteiger partial charge in [0.2, 0.25) is 11.9 Å². The second-order valence-corrected chi connectivity index (χ2v) is 16.9. The fourth-order valence-electron chi connectivity index (χ4n) is 6.21. The molecule has 2 aliphatic heterocycles. The highest BCUT2D eigenvalue weighted by molar-refractivity contribution is 8.07. The Hall–Kier alpha value is -3.35. The van der Waals surface area contributed by atoms with Gasteiger partial charge in [0.05, 0.1) is 38.1 Å². The van der Waals surface area contributed by atoms with Gasteiger partial charge in [0.25, 0.3) is 5.56 Å². The van der Waals surface area contributed by atoms with Crippen molar-refractivity contribution >= 4 is 55.2 Å². The fraction of sp³-hybridized carbons (Fsp3) is 0.593. The van der Waals surface area contributed by atoms with Crippen LogP contribution in [-0.4, -0.2) is 95.8 Å². The number of ether oxygens (including phenoxy) is 1. The summed E-state index contributed by atoms with van der Waals surface area (Å²) in [6, 6.07) is 2.39. The SMILES string of the molecule is CC(C)C(=O)Nc1nc2c(ncn2[C@@H]2O[C@@H]3[C@@H]4OP(O)(=S)O[C@@H]5C(COP(=O)(OCCC#N)O[C@@H]2[C@]34F)C[C@@H](Nc2ccncn2)[C@@H]5F)c(=O)[nH]1. The Morgan fingerprint density at radius 2 is 2.12 bits per heavy atom. The van der Waals surface area contributed by atoms with E-state index in [-0.39, 0.29) is 30.0 Å². The van der Waals surface area contributed by atoms with Crippen molar-refractivity contribution in [1.82, 2.24) is 29.5 Å². The molecule has 0 spiro atoms. The van der Waals surface area contributed by atoms with Gasteiger partial charge in [-0.1, -0.05) is 13.8 Å². The maximum Gasteiger partial charge on any atom is 0.475 e. The minimum absolute atomic E-state index is 0.00540. The van der Waals surface area contributed by atoms with Crippen molar-refractivity contribution in [1.29, 1.82) is 5.26 Å². The molecule has 0 aromatic carbocycles. The van der Waals surface area contributed by atoms with E-state index in [1.807, 2.05) is 6.07 Å². The number of fused-ring (bicyclic) bond motifs is 3. The first-order valence-electron chi connectivity index (χ1n) is 15.7. The molecule has 7 rings (SSSR count). The molecule has 3 aromatic heterocycles. The summed E-state index contributed by atoms with van der Waals surface area (Å²) in [4.78, 5) is 54.9. The number of H-pyrrole nitrogens is 1. The van der Waals surface area contributed by atoms with Gasteiger partial charge in [0.1, 0.15) is 36.6 Å². The highest BCUT2D eigenvalue weighted by Gasteiger charge is 2.82. The molecule has 4 N–H and O–H groups in total. The van der Waals surface area contributed by atoms with Crippen LogP contribution in [0.1, 0.15) is 32.9 Å². The van der Waals surface area contributed by atoms with E-state index in [0.29, 0.717) is 5.82 Å². The Balaban J connectivity index is 1.23. The lowest BCUT2D eigenvalue weighted by atomic mass is 10.1. The van der Waals surface area contributed by atoms with Gasteiger partial charge in [-0.05, 0) is 24.3 Å². The number of halogens is 2. The molecule has 5 heterocycles. The summed E-state index contributed by atoms with van der Waals surface area (Å²) in [6.07, 6.45) is -6.40. The maximum absolute atomic E-state index is 17.0. The zero-order chi connectivity index (χ0) is 36.3. The molecule has 51 heavy (non-hydrogen) atoms. The van der Waals surface area contributed by atoms with E-state index >= 15 is 8.78 Å². The quantitative estimate of drug-likeness (QED) is 0.190. The van der Waals surface area contributed by atoms with Gasteiger partial charge in [0, 0.05) is 18.0 Å². The van der Waals surface area contributed by atoms with Crippen LogP contribution in [0.25, 0.3) is 11.2 Å². The fourth-order valence-corrected chi connectivity index (χ4v) is 9.42. The van der Waals surface area contributed by atoms with Crippen molar-refractivity contribution in [3.8, 4) is 6.07 Å². The molecule has 0 radical (unpaired) electrons. The number of hydrogen-bond donors (Lipinski definition) is 4. The number of imidazole rings is 1. The van der Waals surface area contributed by atoms with Crippen LogP contribution in [0, 0.1) is 23.2 Å². The van der Waals surface area contributed by atoms with Gasteiger partial charge in [-0.2, -0.15) is 10.2 Å². The van der Waals surface area contributed by atoms with Gasteiger partial charge in [-0.3, -0.25) is 42.6 Å². The Morgan fingerprint density at radius 1 is 1.31 bits per heavy atom. The molecule has 3 unspecified atom stereocenters. The van der Waals surface area contributed by atoms with Crippen molar-refractivity contribution in [2.75, 3.05) is 23.8 Å². The molecule has 24 heteroatoms. The van der Waals surface area contributed by atoms with Crippen molar-refractivity contribution in [2.45, 2.75) is 75.2 Å². The molecule has 2 aliphatic carbocycles. The Labute approximate surface area is 292 Å². The number of amides is 1. The van der Waals surface area contributed by atoms with Crippen LogP contribution in [0.3, 0.4) is 0 Å². The predicted octanol–water partition coefficient (Wildman–Crippen LogP) is 2.40. The first-order valence-corrected chi connectivity index (χ1v) is 19.7. The van der Waals surface area contributed by atoms with Gasteiger partial charge in [-0.25, -0.2) is 28.3 Å². The molecule has 4 aliphatic rings. The topological polar surface area (TPSA) is 247 Å². The number of nitrogens with zero attached hydrogens (tertiary/aromatic N) is 6. The van der Waals surface area contributed by atoms with E-state index < -0.39 is 99.6 Å². The second-order valence-electron chi connectivity index (χ2n) is 12.5. The number of anilines is 2. The number of aromatic amines is 1. The number of carbonyl (C=O) groups is 1. The lowest BCUT2D eigenvalue weighted by molar-refractivity contribution is -0.118. The molecule has 0 bridgehead atoms. The molecular weight excluding hydrogens is 742 g/mol. The minimum atomic E-state index is -4.83. The number of hydrogen-bond acceptors (Lipinski definition) is 16. The van der Waals surface area contributed by atoms with E-state index in [0.717, 1.165) is 10.9 Å². The number of nitriles is 1. The zero-order valence-electron chi connectivity index (χ0n) is 26.7. The molecule has 11 atom stereocenters. The summed E-state index contributed by atoms with van der Waals surface area (Å²) >= 11 is 5.21. The van der Waals surface area contributed by atoms with E-state index in [4.69, 9.17) is 44.4 Å². The number of nitrogens with one attached hydrogen (secondary N) is 3. The molecule has 2 saturated heterocycles. The highest BCUT2D eigenvalue weighted by atomic mass is 32.5. The first kappa shape index (κ1) is 36.0. The number of phosphoric acid groups is 1. The Morgan fingerprint density at radius 3 is 2.84 bits per heavy atom. The molecular formula is C27H31F2N9O10P2S. The van der Waals surface area contributed by atoms with E-state index in [2.05, 4.69) is 35.6 Å². The average Bonchev–Trinajstić information content (AvgIpc) is 3.39. The summed E-state index contributed by atoms with van der Waals surface area (Å²) in [5, 5.41) is 14.5. The Kier molecular flexibility index (Phi) is 9.58. The molecule has 4 fully saturated rings. The first-order chi connectivity index (χ1) is 24.2. The number of aromatic nitrogens is 6. The van der Waals surface area contributed by atoms with Crippen LogP contribution in [0.15, 0.2) is 29.7 Å². The van der Waals surface area contributed by atoms with Crippen molar-refractivity contribution in [2.24, 2.45) is 11.8 Å². The smallest absolute Gasteiger partial charge is 0.364 e. The summed E-state index contributed by atoms with van der Waals surface area (Å²) in [6.45, 7) is -2.15. The standard InChI is InChI=1S/C27H31F2N9O10P2S/c1-12(2)23(39)36-26-35-22-17(24(40)37-26)33-11-38(22)25-21-27(29)19(45-25)20(27)48-50(42,51)46-18-13(9-44-49(41,47-21)43-7-3-5-30)8-14(16(18)28)34-15-4-6-31-10-32-15/h4,6,10-14,16,18-21,25H,3,7-9H2,1-2H3,(H,42,51)(H,31,32,34)(H2,35,36,37,39,40)/t13?,14-,16+,18-,19-,20+,21+,25-,27+,49?,50?/m1/s1. The van der Waals surface area contributed by atoms with Crippen molar-refractivity contribution < 1.29 is 50.4 Å². The van der Waals surface area contributed by atoms with Crippen LogP contribution in [0.2, 0.25) is 0 Å². The molecule has 3 aromatic rings. The predicted molar refractivity (Wildman–Crippen MR) is 173 cm³/mol. The highest BCUT2D eigenvalue weighted by Crippen LogP contribution is 2.68. The van der Waals surface area contributed by atoms with Crippen LogP contribution in [0.4, 0.5) is 20.5 Å². The largest absolute Gasteiger partial charge is 0.475 e. The van der Waals surface area contributed by atoms with Gasteiger partial charge < -0.3 is 19.5 Å². The third-order valence-electron chi connectivity index (χ3n) is 8.78. The van der Waals surface area contributed by atoms with Gasteiger partial charge >= 0.3 is 14.5 Å². The Bertz CT molecular complexity index is 2020. The number of rotatable bonds is 8. The summed E-state index contributed by atoms with van der Waals surface area (Å²) in [7, 11) is -4.83. The number of carbonyl (C=O) groups excluding carboxylic acids is 1. The average molecular weight is 774 g/mol. The van der Waals surface area contributed by atoms with E-state index in [1.165, 1.54) is 18.6 Å². The summed E-state index contributed by atoms with van der Waals surface area (Å²) < 4.78 is 82.5. The lowest BCUT2D eigenvalue weighted by Gasteiger charge is -2.32. The zero-order valence-corrected chi connectivity index (χ0v) is 29.3.